The Morgan fingerprint density at radius 3 is 2.45 bits per heavy atom. The molecule has 5 aliphatic carbocycles. The standard InChI is InChI=1S/C36H54N2O2/c1-23(2)25-12-17-36(31(40)38-22-24-9-8-20-37-21-24)19-18-34(6)26(30(25)36)10-11-28-33(5)15-14-29(39)32(3,4)27(33)13-16-35(28,34)7/h8-9,20-21,25-30,39H,1,10-19,22H2,2-7H3,(H,38,40)/t25-,26+,27-,28+,29-,30+,33-,34+,35+,36-/m0/s1. The maximum Gasteiger partial charge on any atom is 0.226 e. The summed E-state index contributed by atoms with van der Waals surface area (Å²) in [4.78, 5) is 18.5. The van der Waals surface area contributed by atoms with Gasteiger partial charge in [0.05, 0.1) is 11.5 Å². The summed E-state index contributed by atoms with van der Waals surface area (Å²) in [6.07, 6.45) is 14.8. The molecule has 0 saturated heterocycles. The molecule has 0 aliphatic heterocycles. The van der Waals surface area contributed by atoms with Crippen LogP contribution in [-0.4, -0.2) is 22.1 Å². The molecule has 5 fully saturated rings. The molecule has 4 nitrogen and oxygen atoms in total. The van der Waals surface area contributed by atoms with Crippen LogP contribution in [0.25, 0.3) is 0 Å². The van der Waals surface area contributed by atoms with E-state index in [0.29, 0.717) is 36.1 Å². The average molecular weight is 547 g/mol. The van der Waals surface area contributed by atoms with Crippen LogP contribution in [0.4, 0.5) is 0 Å². The molecule has 1 amide bonds. The van der Waals surface area contributed by atoms with Gasteiger partial charge in [0.25, 0.3) is 0 Å². The molecule has 1 aromatic rings. The van der Waals surface area contributed by atoms with Crippen molar-refractivity contribution in [1.29, 1.82) is 0 Å². The highest BCUT2D eigenvalue weighted by Crippen LogP contribution is 2.77. The third-order valence-corrected chi connectivity index (χ3v) is 14.7. The summed E-state index contributed by atoms with van der Waals surface area (Å²) >= 11 is 0. The molecular formula is C36H54N2O2. The van der Waals surface area contributed by atoms with Gasteiger partial charge in [-0.1, -0.05) is 52.8 Å². The number of aromatic nitrogens is 1. The van der Waals surface area contributed by atoms with Crippen molar-refractivity contribution >= 4 is 5.91 Å². The molecule has 6 rings (SSSR count). The second-order valence-corrected chi connectivity index (χ2v) is 16.3. The number of fused-ring (bicyclic) bond motifs is 7. The van der Waals surface area contributed by atoms with Crippen molar-refractivity contribution in [2.45, 2.75) is 118 Å². The predicted molar refractivity (Wildman–Crippen MR) is 161 cm³/mol. The number of rotatable bonds is 4. The molecule has 0 bridgehead atoms. The van der Waals surface area contributed by atoms with E-state index < -0.39 is 0 Å². The zero-order chi connectivity index (χ0) is 28.7. The van der Waals surface area contributed by atoms with Crippen molar-refractivity contribution in [3.63, 3.8) is 0 Å². The first kappa shape index (κ1) is 28.4. The van der Waals surface area contributed by atoms with E-state index in [9.17, 15) is 9.90 Å². The molecule has 0 spiro atoms. The van der Waals surface area contributed by atoms with Gasteiger partial charge in [0.1, 0.15) is 0 Å². The number of nitrogens with zero attached hydrogens (tertiary/aromatic N) is 1. The third-order valence-electron chi connectivity index (χ3n) is 14.7. The molecule has 0 radical (unpaired) electrons. The number of carbonyl (C=O) groups is 1. The second-order valence-electron chi connectivity index (χ2n) is 16.3. The van der Waals surface area contributed by atoms with Gasteiger partial charge in [-0.05, 0) is 134 Å². The molecule has 4 heteroatoms. The monoisotopic (exact) mass is 546 g/mol. The minimum Gasteiger partial charge on any atom is -0.393 e. The molecule has 40 heavy (non-hydrogen) atoms. The molecule has 1 aromatic heterocycles. The Balaban J connectivity index is 1.34. The summed E-state index contributed by atoms with van der Waals surface area (Å²) < 4.78 is 0. The van der Waals surface area contributed by atoms with E-state index in [1.165, 1.54) is 31.3 Å². The maximum atomic E-state index is 14.2. The minimum atomic E-state index is -0.281. The van der Waals surface area contributed by atoms with E-state index in [0.717, 1.165) is 44.1 Å². The van der Waals surface area contributed by atoms with Crippen LogP contribution < -0.4 is 5.32 Å². The number of pyridine rings is 1. The number of nitrogens with one attached hydrogen (secondary N) is 1. The number of aliphatic hydroxyl groups excluding tert-OH is 1. The van der Waals surface area contributed by atoms with Gasteiger partial charge in [-0.2, -0.15) is 0 Å². The van der Waals surface area contributed by atoms with Crippen LogP contribution in [0.5, 0.6) is 0 Å². The van der Waals surface area contributed by atoms with Gasteiger partial charge in [0.15, 0.2) is 0 Å². The van der Waals surface area contributed by atoms with Crippen molar-refractivity contribution < 1.29 is 9.90 Å². The highest BCUT2D eigenvalue weighted by molar-refractivity contribution is 5.84. The molecule has 1 heterocycles. The van der Waals surface area contributed by atoms with Crippen LogP contribution in [0.15, 0.2) is 36.7 Å². The minimum absolute atomic E-state index is 0.0172. The van der Waals surface area contributed by atoms with E-state index in [-0.39, 0.29) is 39.1 Å². The lowest BCUT2D eigenvalue weighted by Gasteiger charge is -2.72. The van der Waals surface area contributed by atoms with Crippen molar-refractivity contribution in [2.24, 2.45) is 56.7 Å². The fourth-order valence-corrected chi connectivity index (χ4v) is 12.4. The molecule has 5 aliphatic rings. The van der Waals surface area contributed by atoms with E-state index in [2.05, 4.69) is 64.5 Å². The summed E-state index contributed by atoms with van der Waals surface area (Å²) in [5.41, 5.74) is 2.82. The summed E-state index contributed by atoms with van der Waals surface area (Å²) in [5.74, 6) is 2.91. The fraction of sp³-hybridized carbons (Fsp3) is 0.778. The van der Waals surface area contributed by atoms with Gasteiger partial charge in [-0.15, -0.1) is 0 Å². The average Bonchev–Trinajstić information content (AvgIpc) is 3.32. The summed E-state index contributed by atoms with van der Waals surface area (Å²) in [6.45, 7) is 19.8. The van der Waals surface area contributed by atoms with Crippen molar-refractivity contribution in [3.8, 4) is 0 Å². The first-order chi connectivity index (χ1) is 18.8. The zero-order valence-electron chi connectivity index (χ0n) is 26.1. The third kappa shape index (κ3) is 3.72. The number of aliphatic hydroxyl groups is 1. The summed E-state index contributed by atoms with van der Waals surface area (Å²) in [7, 11) is 0. The van der Waals surface area contributed by atoms with Gasteiger partial charge in [-0.25, -0.2) is 0 Å². The Kier molecular flexibility index (Phi) is 6.69. The lowest BCUT2D eigenvalue weighted by molar-refractivity contribution is -0.246. The van der Waals surface area contributed by atoms with E-state index in [1.807, 2.05) is 12.3 Å². The molecule has 220 valence electrons. The molecular weight excluding hydrogens is 492 g/mol. The predicted octanol–water partition coefficient (Wildman–Crippen LogP) is 7.72. The Morgan fingerprint density at radius 1 is 0.975 bits per heavy atom. The normalized spacial score (nSPS) is 47.3. The SMILES string of the molecule is C=C(C)[C@@H]1CC[C@]2(C(=O)NCc3cccnc3)CC[C@]3(C)[C@H](CC[C@@H]4[C@@]5(C)CC[C@H](O)C(C)(C)[C@@H]5CC[C@]43C)[C@@H]12. The maximum absolute atomic E-state index is 14.2. The second kappa shape index (κ2) is 9.41. The first-order valence-electron chi connectivity index (χ1n) is 16.3. The molecule has 2 N–H and O–H groups in total. The summed E-state index contributed by atoms with van der Waals surface area (Å²) in [5, 5.41) is 14.4. The Bertz CT molecular complexity index is 1160. The lowest BCUT2D eigenvalue weighted by Crippen LogP contribution is -2.67. The molecule has 0 aromatic carbocycles. The number of hydrogen-bond acceptors (Lipinski definition) is 3. The summed E-state index contributed by atoms with van der Waals surface area (Å²) in [6, 6.07) is 4.00. The highest BCUT2D eigenvalue weighted by Gasteiger charge is 2.71. The van der Waals surface area contributed by atoms with E-state index in [1.54, 1.807) is 6.20 Å². The first-order valence-corrected chi connectivity index (χ1v) is 16.3. The zero-order valence-corrected chi connectivity index (χ0v) is 26.1. The lowest BCUT2D eigenvalue weighted by atomic mass is 9.32. The fourth-order valence-electron chi connectivity index (χ4n) is 12.4. The largest absolute Gasteiger partial charge is 0.393 e. The number of hydrogen-bond donors (Lipinski definition) is 2. The van der Waals surface area contributed by atoms with Gasteiger partial charge >= 0.3 is 0 Å². The van der Waals surface area contributed by atoms with E-state index in [4.69, 9.17) is 0 Å². The number of amides is 1. The van der Waals surface area contributed by atoms with Crippen LogP contribution in [0.1, 0.15) is 111 Å². The van der Waals surface area contributed by atoms with Gasteiger partial charge in [0, 0.05) is 18.9 Å². The smallest absolute Gasteiger partial charge is 0.226 e. The van der Waals surface area contributed by atoms with Crippen molar-refractivity contribution in [2.75, 3.05) is 0 Å². The van der Waals surface area contributed by atoms with Crippen molar-refractivity contribution in [3.05, 3.63) is 42.2 Å². The Hall–Kier alpha value is -1.68. The number of allylic oxidation sites excluding steroid dienone is 1. The van der Waals surface area contributed by atoms with Crippen LogP contribution in [0.3, 0.4) is 0 Å². The van der Waals surface area contributed by atoms with Crippen LogP contribution in [0.2, 0.25) is 0 Å². The topological polar surface area (TPSA) is 62.2 Å². The molecule has 5 saturated carbocycles. The van der Waals surface area contributed by atoms with Gasteiger partial charge < -0.3 is 10.4 Å². The number of carbonyl (C=O) groups excluding carboxylic acids is 1. The van der Waals surface area contributed by atoms with Crippen LogP contribution in [-0.2, 0) is 11.3 Å². The van der Waals surface area contributed by atoms with Crippen molar-refractivity contribution in [1.82, 2.24) is 10.3 Å². The van der Waals surface area contributed by atoms with Gasteiger partial charge in [-0.3, -0.25) is 9.78 Å². The van der Waals surface area contributed by atoms with E-state index >= 15 is 0 Å². The van der Waals surface area contributed by atoms with Gasteiger partial charge in [0.2, 0.25) is 5.91 Å². The molecule has 10 atom stereocenters. The quantitative estimate of drug-likeness (QED) is 0.380. The van der Waals surface area contributed by atoms with Crippen LogP contribution in [0, 0.1) is 56.7 Å². The van der Waals surface area contributed by atoms with Crippen LogP contribution >= 0.6 is 0 Å². The molecule has 0 unspecified atom stereocenters. The Morgan fingerprint density at radius 2 is 1.75 bits per heavy atom. The Labute approximate surface area is 243 Å². The highest BCUT2D eigenvalue weighted by atomic mass is 16.3.